The summed E-state index contributed by atoms with van der Waals surface area (Å²) in [6.45, 7) is 0.0138. The predicted octanol–water partition coefficient (Wildman–Crippen LogP) is 8.34. The summed E-state index contributed by atoms with van der Waals surface area (Å²) in [6.07, 6.45) is -14.8. The van der Waals surface area contributed by atoms with Crippen LogP contribution < -0.4 is 10.1 Å². The second-order valence-corrected chi connectivity index (χ2v) is 10.9. The standard InChI is InChI=1S/C33H26F10N2O2/c1-45(2)18-21-14-22(9-13-26(21)34)31(17-19-6-4-3-5-7-19,24-11-10-23(16-28(24)36)47-33(42,43)30(37)38)44-29(46)20-8-12-27(35)25(15-20)32(39,40)41/h3-16,30H,17-18H2,1-2H3,(H,44,46). The molecule has 1 atom stereocenters. The van der Waals surface area contributed by atoms with Gasteiger partial charge in [-0.15, -0.1) is 0 Å². The number of halogens is 10. The fraction of sp³-hybridized carbons (Fsp3) is 0.242. The predicted molar refractivity (Wildman–Crippen MR) is 152 cm³/mol. The normalized spacial score (nSPS) is 13.5. The molecule has 0 spiro atoms. The Labute approximate surface area is 262 Å². The molecule has 4 rings (SSSR count). The van der Waals surface area contributed by atoms with Gasteiger partial charge in [0.05, 0.1) is 11.1 Å². The minimum absolute atomic E-state index is 0.0107. The van der Waals surface area contributed by atoms with Gasteiger partial charge >= 0.3 is 18.7 Å². The maximum atomic E-state index is 16.1. The Hall–Kier alpha value is -4.59. The zero-order valence-corrected chi connectivity index (χ0v) is 24.6. The first-order valence-corrected chi connectivity index (χ1v) is 13.7. The Bertz CT molecular complexity index is 1730. The van der Waals surface area contributed by atoms with Crippen LogP contribution >= 0.6 is 0 Å². The monoisotopic (exact) mass is 672 g/mol. The van der Waals surface area contributed by atoms with Crippen LogP contribution in [-0.2, 0) is 24.7 Å². The first-order valence-electron chi connectivity index (χ1n) is 13.7. The van der Waals surface area contributed by atoms with Gasteiger partial charge in [-0.2, -0.15) is 30.7 Å². The molecule has 0 bridgehead atoms. The fourth-order valence-electron chi connectivity index (χ4n) is 5.00. The minimum atomic E-state index is -5.18. The third-order valence-corrected chi connectivity index (χ3v) is 7.11. The van der Waals surface area contributed by atoms with E-state index in [9.17, 15) is 44.3 Å². The average molecular weight is 673 g/mol. The van der Waals surface area contributed by atoms with Gasteiger partial charge in [-0.25, -0.2) is 13.2 Å². The summed E-state index contributed by atoms with van der Waals surface area (Å²) in [5.74, 6) is -5.93. The highest BCUT2D eigenvalue weighted by molar-refractivity contribution is 5.95. The van der Waals surface area contributed by atoms with E-state index in [2.05, 4.69) is 10.1 Å². The van der Waals surface area contributed by atoms with Crippen LogP contribution in [-0.4, -0.2) is 37.4 Å². The highest BCUT2D eigenvalue weighted by atomic mass is 19.4. The molecule has 4 nitrogen and oxygen atoms in total. The number of ether oxygens (including phenoxy) is 1. The van der Waals surface area contributed by atoms with E-state index >= 15 is 4.39 Å². The lowest BCUT2D eigenvalue weighted by Crippen LogP contribution is -2.49. The molecular formula is C33H26F10N2O2. The Balaban J connectivity index is 1.98. The number of nitrogens with one attached hydrogen (secondary N) is 1. The molecule has 47 heavy (non-hydrogen) atoms. The summed E-state index contributed by atoms with van der Waals surface area (Å²) in [7, 11) is 3.26. The Morgan fingerprint density at radius 1 is 0.787 bits per heavy atom. The molecule has 0 saturated carbocycles. The molecule has 14 heteroatoms. The summed E-state index contributed by atoms with van der Waals surface area (Å²) >= 11 is 0. The highest BCUT2D eigenvalue weighted by Crippen LogP contribution is 2.39. The van der Waals surface area contributed by atoms with Gasteiger partial charge in [-0.05, 0) is 67.7 Å². The lowest BCUT2D eigenvalue weighted by atomic mass is 9.76. The van der Waals surface area contributed by atoms with Crippen LogP contribution in [0.2, 0.25) is 0 Å². The number of hydrogen-bond donors (Lipinski definition) is 1. The molecule has 0 aliphatic rings. The molecule has 250 valence electrons. The van der Waals surface area contributed by atoms with Gasteiger partial charge in [0.25, 0.3) is 5.91 Å². The van der Waals surface area contributed by atoms with Crippen molar-refractivity contribution in [1.82, 2.24) is 10.2 Å². The number of rotatable bonds is 11. The van der Waals surface area contributed by atoms with Crippen LogP contribution in [0.5, 0.6) is 5.75 Å². The highest BCUT2D eigenvalue weighted by Gasteiger charge is 2.45. The summed E-state index contributed by atoms with van der Waals surface area (Å²) in [5.41, 5.74) is -4.51. The van der Waals surface area contributed by atoms with Crippen molar-refractivity contribution >= 4 is 5.91 Å². The average Bonchev–Trinajstić information content (AvgIpc) is 2.97. The van der Waals surface area contributed by atoms with Crippen molar-refractivity contribution in [3.63, 3.8) is 0 Å². The molecule has 4 aromatic carbocycles. The van der Waals surface area contributed by atoms with Gasteiger partial charge < -0.3 is 15.0 Å². The van der Waals surface area contributed by atoms with Gasteiger partial charge in [-0.3, -0.25) is 4.79 Å². The third-order valence-electron chi connectivity index (χ3n) is 7.11. The van der Waals surface area contributed by atoms with Crippen LogP contribution in [0.4, 0.5) is 43.9 Å². The quantitative estimate of drug-likeness (QED) is 0.163. The van der Waals surface area contributed by atoms with E-state index in [1.807, 2.05) is 0 Å². The van der Waals surface area contributed by atoms with Crippen molar-refractivity contribution in [2.24, 2.45) is 0 Å². The minimum Gasteiger partial charge on any atom is -0.428 e. The summed E-state index contributed by atoms with van der Waals surface area (Å²) in [4.78, 5) is 15.3. The van der Waals surface area contributed by atoms with Gasteiger partial charge in [0.1, 0.15) is 23.2 Å². The number of carbonyl (C=O) groups excluding carboxylic acids is 1. The largest absolute Gasteiger partial charge is 0.461 e. The molecule has 0 aliphatic heterocycles. The van der Waals surface area contributed by atoms with Gasteiger partial charge in [0.15, 0.2) is 0 Å². The number of amides is 1. The second kappa shape index (κ2) is 13.6. The summed E-state index contributed by atoms with van der Waals surface area (Å²) in [5, 5.41) is 2.54. The van der Waals surface area contributed by atoms with E-state index in [4.69, 9.17) is 0 Å². The number of hydrogen-bond acceptors (Lipinski definition) is 3. The topological polar surface area (TPSA) is 41.6 Å². The molecular weight excluding hydrogens is 646 g/mol. The number of benzene rings is 4. The molecule has 0 aliphatic carbocycles. The Kier molecular flexibility index (Phi) is 10.2. The molecule has 0 aromatic heterocycles. The molecule has 4 aromatic rings. The van der Waals surface area contributed by atoms with Gasteiger partial charge in [0.2, 0.25) is 0 Å². The molecule has 1 unspecified atom stereocenters. The molecule has 0 fully saturated rings. The molecule has 0 radical (unpaired) electrons. The van der Waals surface area contributed by atoms with E-state index in [0.717, 1.165) is 24.3 Å². The lowest BCUT2D eigenvalue weighted by molar-refractivity contribution is -0.253. The van der Waals surface area contributed by atoms with Crippen molar-refractivity contribution in [3.05, 3.63) is 136 Å². The molecule has 0 saturated heterocycles. The Morgan fingerprint density at radius 2 is 1.45 bits per heavy atom. The number of nitrogens with zero attached hydrogens (tertiary/aromatic N) is 1. The van der Waals surface area contributed by atoms with Crippen molar-refractivity contribution in [1.29, 1.82) is 0 Å². The van der Waals surface area contributed by atoms with E-state index in [-0.39, 0.29) is 30.2 Å². The van der Waals surface area contributed by atoms with Gasteiger partial charge in [-0.1, -0.05) is 36.4 Å². The van der Waals surface area contributed by atoms with Crippen molar-refractivity contribution in [2.75, 3.05) is 14.1 Å². The smallest absolute Gasteiger partial charge is 0.428 e. The van der Waals surface area contributed by atoms with E-state index in [0.29, 0.717) is 17.7 Å². The number of alkyl halides is 7. The lowest BCUT2D eigenvalue weighted by Gasteiger charge is -2.37. The maximum absolute atomic E-state index is 16.1. The van der Waals surface area contributed by atoms with Crippen molar-refractivity contribution < 1.29 is 53.4 Å². The maximum Gasteiger partial charge on any atom is 0.461 e. The zero-order chi connectivity index (χ0) is 34.7. The molecule has 1 N–H and O–H groups in total. The first kappa shape index (κ1) is 35.3. The van der Waals surface area contributed by atoms with Crippen LogP contribution in [0, 0.1) is 17.5 Å². The SMILES string of the molecule is CN(C)Cc1cc(C(Cc2ccccc2)(NC(=O)c2ccc(F)c(C(F)(F)F)c2)c2ccc(OC(F)(F)C(F)F)cc2F)ccc1F. The third kappa shape index (κ3) is 8.05. The molecule has 1 amide bonds. The van der Waals surface area contributed by atoms with Crippen LogP contribution in [0.15, 0.2) is 84.9 Å². The number of carbonyl (C=O) groups is 1. The van der Waals surface area contributed by atoms with Crippen LogP contribution in [0.25, 0.3) is 0 Å². The van der Waals surface area contributed by atoms with Crippen LogP contribution in [0.3, 0.4) is 0 Å². The van der Waals surface area contributed by atoms with Crippen molar-refractivity contribution in [2.45, 2.75) is 37.2 Å². The van der Waals surface area contributed by atoms with E-state index in [1.54, 1.807) is 49.3 Å². The van der Waals surface area contributed by atoms with Crippen molar-refractivity contribution in [3.8, 4) is 5.75 Å². The van der Waals surface area contributed by atoms with Gasteiger partial charge in [0, 0.05) is 35.7 Å². The van der Waals surface area contributed by atoms with Crippen LogP contribution in [0.1, 0.15) is 38.2 Å². The summed E-state index contributed by atoms with van der Waals surface area (Å²) < 4.78 is 143. The fourth-order valence-corrected chi connectivity index (χ4v) is 5.00. The summed E-state index contributed by atoms with van der Waals surface area (Å²) in [6, 6.07) is 14.9. The second-order valence-electron chi connectivity index (χ2n) is 10.9. The van der Waals surface area contributed by atoms with E-state index < -0.39 is 70.0 Å². The zero-order valence-electron chi connectivity index (χ0n) is 24.6. The Morgan fingerprint density at radius 3 is 2.04 bits per heavy atom. The first-order chi connectivity index (χ1) is 21.9. The molecule has 0 heterocycles. The van der Waals surface area contributed by atoms with E-state index in [1.165, 1.54) is 12.1 Å².